The Kier molecular flexibility index (Phi) is 7.08. The van der Waals surface area contributed by atoms with E-state index in [1.807, 2.05) is 49.5 Å². The van der Waals surface area contributed by atoms with Gasteiger partial charge in [-0.25, -0.2) is 0 Å². The van der Waals surface area contributed by atoms with E-state index in [4.69, 9.17) is 4.74 Å². The minimum absolute atomic E-state index is 0.111. The Balaban J connectivity index is 1.49. The van der Waals surface area contributed by atoms with Crippen LogP contribution in [0.4, 0.5) is 5.69 Å². The molecule has 174 valence electrons. The number of imide groups is 1. The van der Waals surface area contributed by atoms with Crippen LogP contribution >= 0.6 is 0 Å². The van der Waals surface area contributed by atoms with Crippen LogP contribution in [0.15, 0.2) is 48.5 Å². The monoisotopic (exact) mass is 449 g/mol. The molecule has 0 N–H and O–H groups in total. The highest BCUT2D eigenvalue weighted by Gasteiger charge is 2.39. The lowest BCUT2D eigenvalue weighted by Gasteiger charge is -2.36. The lowest BCUT2D eigenvalue weighted by Crippen LogP contribution is -2.44. The molecule has 2 aliphatic heterocycles. The fourth-order valence-corrected chi connectivity index (χ4v) is 4.79. The summed E-state index contributed by atoms with van der Waals surface area (Å²) in [5.41, 5.74) is 2.76. The van der Waals surface area contributed by atoms with E-state index < -0.39 is 0 Å². The average molecular weight is 450 g/mol. The van der Waals surface area contributed by atoms with Crippen LogP contribution in [0.2, 0.25) is 0 Å². The molecule has 2 aromatic carbocycles. The summed E-state index contributed by atoms with van der Waals surface area (Å²) in [5.74, 6) is -0.537. The fourth-order valence-electron chi connectivity index (χ4n) is 4.79. The van der Waals surface area contributed by atoms with Gasteiger partial charge in [0.2, 0.25) is 5.91 Å². The molecule has 7 heteroatoms. The highest BCUT2D eigenvalue weighted by molar-refractivity contribution is 6.23. The second kappa shape index (κ2) is 10.2. The Morgan fingerprint density at radius 3 is 2.64 bits per heavy atom. The van der Waals surface area contributed by atoms with Crippen molar-refractivity contribution in [1.82, 2.24) is 9.80 Å². The Morgan fingerprint density at radius 2 is 1.88 bits per heavy atom. The second-order valence-corrected chi connectivity index (χ2v) is 8.77. The molecule has 1 fully saturated rings. The Bertz CT molecular complexity index is 1020. The summed E-state index contributed by atoms with van der Waals surface area (Å²) in [6.07, 6.45) is 2.28. The van der Waals surface area contributed by atoms with Gasteiger partial charge in [-0.3, -0.25) is 19.3 Å². The zero-order valence-corrected chi connectivity index (χ0v) is 19.3. The van der Waals surface area contributed by atoms with E-state index in [1.54, 1.807) is 18.1 Å². The van der Waals surface area contributed by atoms with E-state index in [2.05, 4.69) is 4.90 Å². The van der Waals surface area contributed by atoms with Crippen LogP contribution in [0, 0.1) is 5.92 Å². The summed E-state index contributed by atoms with van der Waals surface area (Å²) >= 11 is 0. The maximum atomic E-state index is 13.2. The number of hydrogen-bond donors (Lipinski definition) is 0. The number of benzene rings is 2. The molecule has 2 aliphatic rings. The number of carbonyl (C=O) groups excluding carboxylic acids is 3. The number of methoxy groups -OCH3 is 1. The maximum Gasteiger partial charge on any atom is 0.263 e. The zero-order valence-electron chi connectivity index (χ0n) is 19.3. The Hall–Kier alpha value is -3.19. The van der Waals surface area contributed by atoms with Gasteiger partial charge in [-0.1, -0.05) is 36.4 Å². The number of amides is 3. The maximum absolute atomic E-state index is 13.2. The van der Waals surface area contributed by atoms with Crippen molar-refractivity contribution in [3.63, 3.8) is 0 Å². The van der Waals surface area contributed by atoms with Gasteiger partial charge < -0.3 is 14.5 Å². The topological polar surface area (TPSA) is 70.2 Å². The molecule has 0 bridgehead atoms. The van der Waals surface area contributed by atoms with Crippen molar-refractivity contribution in [2.45, 2.75) is 25.8 Å². The number of piperidine rings is 1. The molecule has 0 spiro atoms. The molecule has 4 rings (SSSR count). The van der Waals surface area contributed by atoms with Gasteiger partial charge in [0, 0.05) is 46.9 Å². The SMILES string of the molecule is COCCCN1C(=O)c2cccc(N3CCCC(C(=O)N(C)Cc4ccccc4)C3)c2C1=O. The third kappa shape index (κ3) is 4.78. The predicted octanol–water partition coefficient (Wildman–Crippen LogP) is 3.19. The van der Waals surface area contributed by atoms with E-state index in [9.17, 15) is 14.4 Å². The molecule has 7 nitrogen and oxygen atoms in total. The van der Waals surface area contributed by atoms with Crippen LogP contribution in [0.3, 0.4) is 0 Å². The van der Waals surface area contributed by atoms with E-state index in [0.717, 1.165) is 30.6 Å². The molecular weight excluding hydrogens is 418 g/mol. The molecule has 1 saturated heterocycles. The minimum atomic E-state index is -0.253. The van der Waals surface area contributed by atoms with Crippen molar-refractivity contribution in [3.05, 3.63) is 65.2 Å². The molecule has 1 unspecified atom stereocenters. The number of ether oxygens (including phenoxy) is 1. The largest absolute Gasteiger partial charge is 0.385 e. The normalized spacial score (nSPS) is 17.9. The first-order valence-electron chi connectivity index (χ1n) is 11.5. The Morgan fingerprint density at radius 1 is 1.09 bits per heavy atom. The summed E-state index contributed by atoms with van der Waals surface area (Å²) < 4.78 is 5.07. The van der Waals surface area contributed by atoms with Crippen LogP contribution in [-0.4, -0.2) is 67.9 Å². The van der Waals surface area contributed by atoms with Gasteiger partial charge in [-0.15, -0.1) is 0 Å². The zero-order chi connectivity index (χ0) is 23.4. The number of hydrogen-bond acceptors (Lipinski definition) is 5. The summed E-state index contributed by atoms with van der Waals surface area (Å²) in [6.45, 7) is 2.70. The average Bonchev–Trinajstić information content (AvgIpc) is 3.09. The smallest absolute Gasteiger partial charge is 0.263 e. The van der Waals surface area contributed by atoms with Crippen molar-refractivity contribution in [2.75, 3.05) is 45.3 Å². The van der Waals surface area contributed by atoms with E-state index in [-0.39, 0.29) is 23.6 Å². The second-order valence-electron chi connectivity index (χ2n) is 8.77. The number of nitrogens with zero attached hydrogens (tertiary/aromatic N) is 3. The standard InChI is InChI=1S/C26H31N3O4/c1-27(17-19-9-4-3-5-10-19)24(30)20-11-7-14-28(18-20)22-13-6-12-21-23(22)26(32)29(25(21)31)15-8-16-33-2/h3-6,9-10,12-13,20H,7-8,11,14-18H2,1-2H3. The number of carbonyl (C=O) groups is 3. The summed E-state index contributed by atoms with van der Waals surface area (Å²) in [5, 5.41) is 0. The third-order valence-corrected chi connectivity index (χ3v) is 6.46. The van der Waals surface area contributed by atoms with Crippen molar-refractivity contribution < 1.29 is 19.1 Å². The van der Waals surface area contributed by atoms with Gasteiger partial charge in [0.15, 0.2) is 0 Å². The molecule has 2 aromatic rings. The highest BCUT2D eigenvalue weighted by Crippen LogP contribution is 2.34. The lowest BCUT2D eigenvalue weighted by molar-refractivity contribution is -0.135. The van der Waals surface area contributed by atoms with Crippen molar-refractivity contribution >= 4 is 23.4 Å². The number of anilines is 1. The quantitative estimate of drug-likeness (QED) is 0.457. The van der Waals surface area contributed by atoms with E-state index in [0.29, 0.717) is 43.8 Å². The minimum Gasteiger partial charge on any atom is -0.385 e. The molecule has 0 saturated carbocycles. The molecule has 0 aliphatic carbocycles. The van der Waals surface area contributed by atoms with Gasteiger partial charge in [0.1, 0.15) is 0 Å². The molecule has 0 aromatic heterocycles. The molecular formula is C26H31N3O4. The third-order valence-electron chi connectivity index (χ3n) is 6.46. The first-order valence-corrected chi connectivity index (χ1v) is 11.5. The molecule has 1 atom stereocenters. The van der Waals surface area contributed by atoms with Gasteiger partial charge in [0.05, 0.1) is 22.7 Å². The first kappa shape index (κ1) is 23.0. The molecule has 33 heavy (non-hydrogen) atoms. The van der Waals surface area contributed by atoms with Crippen molar-refractivity contribution in [2.24, 2.45) is 5.92 Å². The number of rotatable bonds is 8. The Labute approximate surface area is 194 Å². The predicted molar refractivity (Wildman–Crippen MR) is 126 cm³/mol. The van der Waals surface area contributed by atoms with E-state index >= 15 is 0 Å². The lowest BCUT2D eigenvalue weighted by atomic mass is 9.94. The van der Waals surface area contributed by atoms with Gasteiger partial charge in [-0.05, 0) is 37.0 Å². The van der Waals surface area contributed by atoms with Crippen LogP contribution < -0.4 is 4.90 Å². The van der Waals surface area contributed by atoms with Crippen molar-refractivity contribution in [1.29, 1.82) is 0 Å². The first-order chi connectivity index (χ1) is 16.0. The van der Waals surface area contributed by atoms with Gasteiger partial charge in [0.25, 0.3) is 11.8 Å². The number of fused-ring (bicyclic) bond motifs is 1. The van der Waals surface area contributed by atoms with Crippen LogP contribution in [0.5, 0.6) is 0 Å². The highest BCUT2D eigenvalue weighted by atomic mass is 16.5. The van der Waals surface area contributed by atoms with Crippen molar-refractivity contribution in [3.8, 4) is 0 Å². The summed E-state index contributed by atoms with van der Waals surface area (Å²) in [7, 11) is 3.44. The fraction of sp³-hybridized carbons (Fsp3) is 0.423. The van der Waals surface area contributed by atoms with Gasteiger partial charge in [-0.2, -0.15) is 0 Å². The van der Waals surface area contributed by atoms with Gasteiger partial charge >= 0.3 is 0 Å². The van der Waals surface area contributed by atoms with Crippen LogP contribution in [0.1, 0.15) is 45.5 Å². The summed E-state index contributed by atoms with van der Waals surface area (Å²) in [4.78, 5) is 44.4. The van der Waals surface area contributed by atoms with E-state index in [1.165, 1.54) is 4.90 Å². The summed E-state index contributed by atoms with van der Waals surface area (Å²) in [6, 6.07) is 15.4. The molecule has 0 radical (unpaired) electrons. The van der Waals surface area contributed by atoms with Crippen LogP contribution in [0.25, 0.3) is 0 Å². The molecule has 3 amide bonds. The van der Waals surface area contributed by atoms with Crippen LogP contribution in [-0.2, 0) is 16.1 Å². The molecule has 2 heterocycles.